The summed E-state index contributed by atoms with van der Waals surface area (Å²) in [5.74, 6) is 2.05. The molecule has 1 N–H and O–H groups in total. The van der Waals surface area contributed by atoms with Gasteiger partial charge in [-0.05, 0) is 30.3 Å². The van der Waals surface area contributed by atoms with Crippen molar-refractivity contribution in [2.24, 2.45) is 0 Å². The molecule has 0 saturated carbocycles. The van der Waals surface area contributed by atoms with E-state index in [1.54, 1.807) is 7.11 Å². The number of aromatic nitrogens is 4. The third kappa shape index (κ3) is 3.48. The summed E-state index contributed by atoms with van der Waals surface area (Å²) in [4.78, 5) is 6.68. The molecule has 0 saturated heterocycles. The molecule has 2 aromatic heterocycles. The number of fused-ring (bicyclic) bond motifs is 1. The molecule has 5 rings (SSSR count). The number of aryl methyl sites for hydroxylation is 1. The molecule has 1 aliphatic rings. The molecule has 7 nitrogen and oxygen atoms in total. The molecule has 34 heavy (non-hydrogen) atoms. The van der Waals surface area contributed by atoms with E-state index in [0.29, 0.717) is 11.7 Å². The zero-order valence-corrected chi connectivity index (χ0v) is 20.2. The largest absolute Gasteiger partial charge is 0.496 e. The molecule has 4 aromatic rings. The Morgan fingerprint density at radius 1 is 1.12 bits per heavy atom. The molecule has 1 unspecified atom stereocenters. The summed E-state index contributed by atoms with van der Waals surface area (Å²) in [7, 11) is 1.71. The van der Waals surface area contributed by atoms with Crippen molar-refractivity contribution in [1.82, 2.24) is 20.3 Å². The first-order valence-electron chi connectivity index (χ1n) is 11.5. The van der Waals surface area contributed by atoms with Gasteiger partial charge in [0, 0.05) is 39.9 Å². The highest BCUT2D eigenvalue weighted by Gasteiger charge is 2.42. The van der Waals surface area contributed by atoms with Crippen molar-refractivity contribution in [3.8, 4) is 17.2 Å². The molecule has 3 heterocycles. The molecule has 0 amide bonds. The van der Waals surface area contributed by atoms with E-state index in [1.165, 1.54) is 0 Å². The molecule has 7 heteroatoms. The lowest BCUT2D eigenvalue weighted by Crippen LogP contribution is -2.25. The van der Waals surface area contributed by atoms with Crippen molar-refractivity contribution in [3.05, 3.63) is 83.4 Å². The Labute approximate surface area is 199 Å². The fourth-order valence-electron chi connectivity index (χ4n) is 4.58. The summed E-state index contributed by atoms with van der Waals surface area (Å²) < 4.78 is 11.2. The molecule has 0 fully saturated rings. The van der Waals surface area contributed by atoms with Gasteiger partial charge >= 0.3 is 0 Å². The molecule has 174 valence electrons. The Morgan fingerprint density at radius 3 is 2.50 bits per heavy atom. The van der Waals surface area contributed by atoms with Crippen molar-refractivity contribution in [1.29, 1.82) is 0 Å². The summed E-state index contributed by atoms with van der Waals surface area (Å²) in [6.07, 6.45) is 0.733. The van der Waals surface area contributed by atoms with Gasteiger partial charge in [0.25, 0.3) is 5.89 Å². The summed E-state index contributed by atoms with van der Waals surface area (Å²) in [5.41, 5.74) is 6.78. The fraction of sp³-hybridized carbons (Fsp3) is 0.296. The van der Waals surface area contributed by atoms with Crippen LogP contribution < -0.4 is 9.64 Å². The molecule has 2 aromatic carbocycles. The summed E-state index contributed by atoms with van der Waals surface area (Å²) in [5, 5.41) is 12.0. The van der Waals surface area contributed by atoms with E-state index in [9.17, 15) is 0 Å². The third-order valence-corrected chi connectivity index (χ3v) is 6.26. The first kappa shape index (κ1) is 21.9. The van der Waals surface area contributed by atoms with E-state index in [-0.39, 0.29) is 11.5 Å². The zero-order valence-electron chi connectivity index (χ0n) is 20.2. The molecule has 0 radical (unpaired) electrons. The van der Waals surface area contributed by atoms with Gasteiger partial charge in [-0.3, -0.25) is 5.10 Å². The van der Waals surface area contributed by atoms with Crippen molar-refractivity contribution in [2.75, 3.05) is 12.0 Å². The van der Waals surface area contributed by atoms with Crippen LogP contribution >= 0.6 is 0 Å². The third-order valence-electron chi connectivity index (χ3n) is 6.26. The van der Waals surface area contributed by atoms with Gasteiger partial charge in [0.05, 0.1) is 18.8 Å². The maximum atomic E-state index is 5.77. The fourth-order valence-corrected chi connectivity index (χ4v) is 4.58. The quantitative estimate of drug-likeness (QED) is 0.403. The smallest absolute Gasteiger partial charge is 0.257 e. The summed E-state index contributed by atoms with van der Waals surface area (Å²) in [6, 6.07) is 16.1. The summed E-state index contributed by atoms with van der Waals surface area (Å²) in [6.45, 7) is 13.0. The second-order valence-corrected chi connectivity index (χ2v) is 9.49. The molecule has 0 bridgehead atoms. The SMILES string of the molecule is C=C1c2n[nH]c(C(C)(C)C)c2C(c2ccccc2OC)N1c1ccc(-c2nc(CC)no2)cc1. The number of para-hydroxylation sites is 1. The van der Waals surface area contributed by atoms with Gasteiger partial charge in [-0.2, -0.15) is 10.1 Å². The van der Waals surface area contributed by atoms with Gasteiger partial charge in [0.15, 0.2) is 5.82 Å². The van der Waals surface area contributed by atoms with E-state index in [0.717, 1.165) is 51.6 Å². The number of aromatic amines is 1. The van der Waals surface area contributed by atoms with Gasteiger partial charge in [-0.25, -0.2) is 0 Å². The normalized spacial score (nSPS) is 15.6. The number of ether oxygens (including phenoxy) is 1. The first-order chi connectivity index (χ1) is 16.3. The van der Waals surface area contributed by atoms with Crippen LogP contribution in [0.25, 0.3) is 17.2 Å². The minimum Gasteiger partial charge on any atom is -0.496 e. The highest BCUT2D eigenvalue weighted by atomic mass is 16.5. The lowest BCUT2D eigenvalue weighted by Gasteiger charge is -2.31. The van der Waals surface area contributed by atoms with E-state index in [1.807, 2.05) is 37.3 Å². The van der Waals surface area contributed by atoms with Crippen molar-refractivity contribution in [2.45, 2.75) is 45.6 Å². The Morgan fingerprint density at radius 2 is 1.85 bits per heavy atom. The van der Waals surface area contributed by atoms with Gasteiger partial charge in [0.2, 0.25) is 0 Å². The predicted octanol–water partition coefficient (Wildman–Crippen LogP) is 5.91. The van der Waals surface area contributed by atoms with E-state index in [4.69, 9.17) is 9.26 Å². The number of anilines is 1. The minimum absolute atomic E-state index is 0.115. The molecular formula is C27H29N5O2. The zero-order chi connectivity index (χ0) is 24.0. The second-order valence-electron chi connectivity index (χ2n) is 9.49. The standard InChI is InChI=1S/C27H29N5O2/c1-7-21-28-26(34-31-21)17-12-14-18(15-13-17)32-16(2)23-22(25(30-29-23)27(3,4)5)24(32)19-10-8-9-11-20(19)33-6/h8-15,24H,2,7H2,1,3-6H3,(H,29,30). The monoisotopic (exact) mass is 455 g/mol. The topological polar surface area (TPSA) is 80.1 Å². The average molecular weight is 456 g/mol. The molecule has 0 aliphatic carbocycles. The van der Waals surface area contributed by atoms with Crippen LogP contribution in [0.3, 0.4) is 0 Å². The van der Waals surface area contributed by atoms with Gasteiger partial charge in [0.1, 0.15) is 11.4 Å². The number of H-pyrrole nitrogens is 1. The van der Waals surface area contributed by atoms with Crippen LogP contribution in [-0.2, 0) is 11.8 Å². The van der Waals surface area contributed by atoms with E-state index < -0.39 is 0 Å². The number of benzene rings is 2. The Hall–Kier alpha value is -3.87. The first-order valence-corrected chi connectivity index (χ1v) is 11.5. The van der Waals surface area contributed by atoms with Crippen LogP contribution in [0.15, 0.2) is 59.6 Å². The van der Waals surface area contributed by atoms with E-state index in [2.05, 4.69) is 70.8 Å². The Balaban J connectivity index is 1.63. The molecule has 1 atom stereocenters. The number of nitrogens with one attached hydrogen (secondary N) is 1. The van der Waals surface area contributed by atoms with Crippen LogP contribution in [0.4, 0.5) is 5.69 Å². The van der Waals surface area contributed by atoms with E-state index >= 15 is 0 Å². The van der Waals surface area contributed by atoms with Crippen LogP contribution in [0.1, 0.15) is 62.1 Å². The second kappa shape index (κ2) is 8.17. The van der Waals surface area contributed by atoms with Crippen LogP contribution in [0, 0.1) is 0 Å². The highest BCUT2D eigenvalue weighted by molar-refractivity contribution is 5.87. The maximum Gasteiger partial charge on any atom is 0.257 e. The molecule has 1 aliphatic heterocycles. The highest BCUT2D eigenvalue weighted by Crippen LogP contribution is 2.51. The van der Waals surface area contributed by atoms with Crippen LogP contribution in [-0.4, -0.2) is 27.4 Å². The lowest BCUT2D eigenvalue weighted by molar-refractivity contribution is 0.407. The predicted molar refractivity (Wildman–Crippen MR) is 133 cm³/mol. The Bertz CT molecular complexity index is 1340. The number of methoxy groups -OCH3 is 1. The van der Waals surface area contributed by atoms with Crippen LogP contribution in [0.5, 0.6) is 5.75 Å². The average Bonchev–Trinajstić information content (AvgIpc) is 3.55. The lowest BCUT2D eigenvalue weighted by atomic mass is 9.85. The van der Waals surface area contributed by atoms with Gasteiger partial charge in [-0.1, -0.05) is 57.6 Å². The van der Waals surface area contributed by atoms with Gasteiger partial charge < -0.3 is 14.2 Å². The Kier molecular flexibility index (Phi) is 5.27. The number of hydrogen-bond donors (Lipinski definition) is 1. The van der Waals surface area contributed by atoms with Crippen molar-refractivity contribution in [3.63, 3.8) is 0 Å². The minimum atomic E-state index is -0.132. The number of hydrogen-bond acceptors (Lipinski definition) is 6. The number of rotatable bonds is 5. The van der Waals surface area contributed by atoms with Crippen molar-refractivity contribution >= 4 is 11.4 Å². The van der Waals surface area contributed by atoms with Gasteiger partial charge in [-0.15, -0.1) is 0 Å². The maximum absolute atomic E-state index is 5.77. The summed E-state index contributed by atoms with van der Waals surface area (Å²) >= 11 is 0. The number of nitrogens with zero attached hydrogens (tertiary/aromatic N) is 4. The molecule has 0 spiro atoms. The molecular weight excluding hydrogens is 426 g/mol. The van der Waals surface area contributed by atoms with Crippen LogP contribution in [0.2, 0.25) is 0 Å². The van der Waals surface area contributed by atoms with Crippen molar-refractivity contribution < 1.29 is 9.26 Å².